The van der Waals surface area contributed by atoms with Gasteiger partial charge in [-0.1, -0.05) is 47.6 Å². The van der Waals surface area contributed by atoms with Gasteiger partial charge in [0, 0.05) is 24.4 Å². The van der Waals surface area contributed by atoms with Gasteiger partial charge >= 0.3 is 5.97 Å². The Labute approximate surface area is 150 Å². The van der Waals surface area contributed by atoms with Crippen molar-refractivity contribution in [2.24, 2.45) is 5.92 Å². The fourth-order valence-electron chi connectivity index (χ4n) is 3.62. The first-order valence-corrected chi connectivity index (χ1v) is 8.52. The largest absolute Gasteiger partial charge is 0.481 e. The maximum absolute atomic E-state index is 12.8. The fraction of sp³-hybridized carbons (Fsp3) is 0.250. The van der Waals surface area contributed by atoms with Gasteiger partial charge in [-0.15, -0.1) is 0 Å². The van der Waals surface area contributed by atoms with E-state index < -0.39 is 11.9 Å². The van der Waals surface area contributed by atoms with Crippen molar-refractivity contribution in [3.8, 4) is 0 Å². The Hall–Kier alpha value is -3.15. The van der Waals surface area contributed by atoms with Gasteiger partial charge in [0.25, 0.3) is 0 Å². The number of hydrogen-bond acceptors (Lipinski definition) is 4. The molecule has 1 aliphatic heterocycles. The molecule has 1 saturated heterocycles. The number of para-hydroxylation sites is 1. The summed E-state index contributed by atoms with van der Waals surface area (Å²) in [6, 6.07) is 16.9. The molecule has 2 heterocycles. The number of likely N-dealkylation sites (tertiary alicyclic amines) is 1. The van der Waals surface area contributed by atoms with Gasteiger partial charge in [0.2, 0.25) is 5.91 Å². The zero-order valence-corrected chi connectivity index (χ0v) is 14.0. The summed E-state index contributed by atoms with van der Waals surface area (Å²) in [6.45, 7) is 0.610. The van der Waals surface area contributed by atoms with Gasteiger partial charge in [0.15, 0.2) is 5.58 Å². The maximum Gasteiger partial charge on any atom is 0.308 e. The number of carboxylic acid groups (broad SMARTS) is 1. The van der Waals surface area contributed by atoms with Gasteiger partial charge < -0.3 is 14.5 Å². The van der Waals surface area contributed by atoms with Crippen LogP contribution in [0.1, 0.15) is 17.2 Å². The second kappa shape index (κ2) is 6.63. The second-order valence-corrected chi connectivity index (χ2v) is 6.56. The van der Waals surface area contributed by atoms with E-state index in [1.165, 1.54) is 0 Å². The van der Waals surface area contributed by atoms with E-state index in [9.17, 15) is 14.7 Å². The van der Waals surface area contributed by atoms with Crippen LogP contribution in [0.15, 0.2) is 59.1 Å². The molecule has 132 valence electrons. The summed E-state index contributed by atoms with van der Waals surface area (Å²) >= 11 is 0. The van der Waals surface area contributed by atoms with Gasteiger partial charge in [0.05, 0.1) is 12.3 Å². The monoisotopic (exact) mass is 350 g/mol. The molecular formula is C20H18N2O4. The fourth-order valence-corrected chi connectivity index (χ4v) is 3.62. The Kier molecular flexibility index (Phi) is 4.16. The van der Waals surface area contributed by atoms with Crippen LogP contribution in [0.25, 0.3) is 11.0 Å². The molecule has 6 nitrogen and oxygen atoms in total. The molecule has 1 aliphatic rings. The number of nitrogens with zero attached hydrogens (tertiary/aromatic N) is 2. The highest BCUT2D eigenvalue weighted by molar-refractivity contribution is 5.87. The molecule has 4 rings (SSSR count). The Bertz CT molecular complexity index is 951. The Balaban J connectivity index is 1.54. The Morgan fingerprint density at radius 1 is 1.08 bits per heavy atom. The molecule has 0 bridgehead atoms. The van der Waals surface area contributed by atoms with Crippen LogP contribution in [0.5, 0.6) is 0 Å². The summed E-state index contributed by atoms with van der Waals surface area (Å²) in [7, 11) is 0. The van der Waals surface area contributed by atoms with Crippen LogP contribution in [-0.2, 0) is 16.0 Å². The summed E-state index contributed by atoms with van der Waals surface area (Å²) in [5, 5.41) is 14.4. The van der Waals surface area contributed by atoms with Gasteiger partial charge in [-0.05, 0) is 17.7 Å². The molecule has 0 saturated carbocycles. The number of aliphatic carboxylic acids is 1. The number of benzene rings is 2. The number of rotatable bonds is 4. The second-order valence-electron chi connectivity index (χ2n) is 6.56. The molecule has 6 heteroatoms. The van der Waals surface area contributed by atoms with Crippen LogP contribution in [-0.4, -0.2) is 40.1 Å². The molecule has 0 aliphatic carbocycles. The van der Waals surface area contributed by atoms with E-state index in [4.69, 9.17) is 4.52 Å². The SMILES string of the molecule is O=C(O)C1CN(C(=O)Cc2noc3ccccc23)CC1c1ccccc1. The molecule has 1 amide bonds. The molecule has 26 heavy (non-hydrogen) atoms. The summed E-state index contributed by atoms with van der Waals surface area (Å²) < 4.78 is 5.25. The van der Waals surface area contributed by atoms with Crippen LogP contribution in [0.3, 0.4) is 0 Å². The van der Waals surface area contributed by atoms with Crippen molar-refractivity contribution >= 4 is 22.8 Å². The van der Waals surface area contributed by atoms with Crippen molar-refractivity contribution in [1.82, 2.24) is 10.1 Å². The van der Waals surface area contributed by atoms with E-state index in [2.05, 4.69) is 5.16 Å². The van der Waals surface area contributed by atoms with E-state index in [0.717, 1.165) is 10.9 Å². The number of amides is 1. The van der Waals surface area contributed by atoms with Gasteiger partial charge in [-0.3, -0.25) is 9.59 Å². The lowest BCUT2D eigenvalue weighted by molar-refractivity contribution is -0.141. The first-order valence-electron chi connectivity index (χ1n) is 8.52. The number of carboxylic acids is 1. The first-order chi connectivity index (χ1) is 12.6. The van der Waals surface area contributed by atoms with Crippen LogP contribution in [0.4, 0.5) is 0 Å². The summed E-state index contributed by atoms with van der Waals surface area (Å²) in [6.07, 6.45) is 0.102. The molecule has 1 aromatic heterocycles. The minimum Gasteiger partial charge on any atom is -0.481 e. The van der Waals surface area contributed by atoms with Crippen molar-refractivity contribution < 1.29 is 19.2 Å². The highest BCUT2D eigenvalue weighted by Gasteiger charge is 2.40. The number of aromatic nitrogens is 1. The van der Waals surface area contributed by atoms with Crippen molar-refractivity contribution in [2.75, 3.05) is 13.1 Å². The molecule has 1 N–H and O–H groups in total. The molecular weight excluding hydrogens is 332 g/mol. The molecule has 2 unspecified atom stereocenters. The average molecular weight is 350 g/mol. The van der Waals surface area contributed by atoms with Crippen molar-refractivity contribution in [1.29, 1.82) is 0 Å². The maximum atomic E-state index is 12.8. The molecule has 2 atom stereocenters. The van der Waals surface area contributed by atoms with Gasteiger partial charge in [-0.25, -0.2) is 0 Å². The van der Waals surface area contributed by atoms with E-state index in [-0.39, 0.29) is 24.8 Å². The molecule has 3 aromatic rings. The summed E-state index contributed by atoms with van der Waals surface area (Å²) in [5.41, 5.74) is 2.17. The van der Waals surface area contributed by atoms with Crippen molar-refractivity contribution in [2.45, 2.75) is 12.3 Å². The zero-order chi connectivity index (χ0) is 18.1. The van der Waals surface area contributed by atoms with Crippen LogP contribution in [0, 0.1) is 5.92 Å². The summed E-state index contributed by atoms with van der Waals surface area (Å²) in [5.74, 6) is -1.81. The predicted octanol–water partition coefficient (Wildman–Crippen LogP) is 2.70. The smallest absolute Gasteiger partial charge is 0.308 e. The molecule has 1 fully saturated rings. The number of carbonyl (C=O) groups is 2. The van der Waals surface area contributed by atoms with Crippen molar-refractivity contribution in [3.05, 3.63) is 65.9 Å². The normalized spacial score (nSPS) is 19.8. The quantitative estimate of drug-likeness (QED) is 0.782. The third-order valence-electron chi connectivity index (χ3n) is 4.99. The zero-order valence-electron chi connectivity index (χ0n) is 14.0. The average Bonchev–Trinajstić information content (AvgIpc) is 3.28. The minimum absolute atomic E-state index is 0.102. The third kappa shape index (κ3) is 2.94. The minimum atomic E-state index is -0.874. The number of hydrogen-bond donors (Lipinski definition) is 1. The van der Waals surface area contributed by atoms with E-state index in [1.54, 1.807) is 11.0 Å². The highest BCUT2D eigenvalue weighted by Crippen LogP contribution is 2.33. The number of fused-ring (bicyclic) bond motifs is 1. The highest BCUT2D eigenvalue weighted by atomic mass is 16.5. The Morgan fingerprint density at radius 2 is 1.81 bits per heavy atom. The molecule has 2 aromatic carbocycles. The predicted molar refractivity (Wildman–Crippen MR) is 94.6 cm³/mol. The van der Waals surface area contributed by atoms with Crippen LogP contribution >= 0.6 is 0 Å². The first kappa shape index (κ1) is 16.3. The van der Waals surface area contributed by atoms with E-state index in [0.29, 0.717) is 17.8 Å². The van der Waals surface area contributed by atoms with Crippen LogP contribution < -0.4 is 0 Å². The topological polar surface area (TPSA) is 83.6 Å². The van der Waals surface area contributed by atoms with Gasteiger partial charge in [-0.2, -0.15) is 0 Å². The van der Waals surface area contributed by atoms with Crippen LogP contribution in [0.2, 0.25) is 0 Å². The van der Waals surface area contributed by atoms with E-state index >= 15 is 0 Å². The molecule has 0 spiro atoms. The molecule has 0 radical (unpaired) electrons. The number of carbonyl (C=O) groups excluding carboxylic acids is 1. The van der Waals surface area contributed by atoms with Crippen molar-refractivity contribution in [3.63, 3.8) is 0 Å². The van der Waals surface area contributed by atoms with E-state index in [1.807, 2.05) is 48.5 Å². The third-order valence-corrected chi connectivity index (χ3v) is 4.99. The Morgan fingerprint density at radius 3 is 2.58 bits per heavy atom. The lowest BCUT2D eigenvalue weighted by Crippen LogP contribution is -2.31. The standard InChI is InChI=1S/C20H18N2O4/c23-19(10-17-14-8-4-5-9-18(14)26-21-17)22-11-15(16(12-22)20(24)25)13-6-2-1-3-7-13/h1-9,15-16H,10-12H2,(H,24,25). The lowest BCUT2D eigenvalue weighted by Gasteiger charge is -2.16. The van der Waals surface area contributed by atoms with Gasteiger partial charge in [0.1, 0.15) is 5.69 Å². The lowest BCUT2D eigenvalue weighted by atomic mass is 9.89. The summed E-state index contributed by atoms with van der Waals surface area (Å²) in [4.78, 5) is 26.1.